The van der Waals surface area contributed by atoms with Crippen LogP contribution in [0.3, 0.4) is 0 Å². The first-order chi connectivity index (χ1) is 9.39. The molecule has 0 bridgehead atoms. The molecule has 2 rings (SSSR count). The molecule has 2 aliphatic rings. The first kappa shape index (κ1) is 16.2. The summed E-state index contributed by atoms with van der Waals surface area (Å²) in [5.74, 6) is 0.273. The molecule has 0 aromatic rings. The molecule has 0 radical (unpaired) electrons. The molecular formula is C15H30N2O2S. The Hall–Kier alpha value is -0.130. The average molecular weight is 302 g/mol. The molecule has 0 atom stereocenters. The third kappa shape index (κ3) is 5.70. The second kappa shape index (κ2) is 6.75. The molecule has 0 spiro atoms. The highest BCUT2D eigenvalue weighted by atomic mass is 32.2. The van der Waals surface area contributed by atoms with E-state index in [0.29, 0.717) is 12.0 Å². The van der Waals surface area contributed by atoms with E-state index in [1.165, 1.54) is 51.2 Å². The molecule has 1 N–H and O–H groups in total. The molecule has 0 heterocycles. The lowest BCUT2D eigenvalue weighted by atomic mass is 9.73. The molecule has 0 saturated heterocycles. The lowest BCUT2D eigenvalue weighted by Crippen LogP contribution is -2.45. The lowest BCUT2D eigenvalue weighted by molar-refractivity contribution is 0.120. The maximum atomic E-state index is 11.3. The maximum Gasteiger partial charge on any atom is 0.148 e. The van der Waals surface area contributed by atoms with Gasteiger partial charge in [0.1, 0.15) is 9.84 Å². The fraction of sp³-hybridized carbons (Fsp3) is 1.00. The normalized spacial score (nSPS) is 23.1. The molecule has 2 aliphatic carbocycles. The zero-order valence-corrected chi connectivity index (χ0v) is 13.8. The van der Waals surface area contributed by atoms with E-state index < -0.39 is 9.84 Å². The molecule has 0 unspecified atom stereocenters. The van der Waals surface area contributed by atoms with Gasteiger partial charge in [-0.25, -0.2) is 8.42 Å². The van der Waals surface area contributed by atoms with Crippen LogP contribution in [-0.2, 0) is 9.84 Å². The van der Waals surface area contributed by atoms with Crippen LogP contribution in [-0.4, -0.2) is 58.1 Å². The van der Waals surface area contributed by atoms with Crippen LogP contribution in [0.4, 0.5) is 0 Å². The van der Waals surface area contributed by atoms with Gasteiger partial charge in [-0.1, -0.05) is 19.3 Å². The van der Waals surface area contributed by atoms with Gasteiger partial charge in [0.15, 0.2) is 0 Å². The van der Waals surface area contributed by atoms with Gasteiger partial charge in [-0.05, 0) is 38.1 Å². The maximum absolute atomic E-state index is 11.3. The number of hydrogen-bond donors (Lipinski definition) is 1. The Morgan fingerprint density at radius 1 is 1.20 bits per heavy atom. The molecule has 0 aromatic heterocycles. The van der Waals surface area contributed by atoms with Crippen LogP contribution in [0.5, 0.6) is 0 Å². The second-order valence-corrected chi connectivity index (χ2v) is 9.34. The fourth-order valence-electron chi connectivity index (χ4n) is 3.31. The van der Waals surface area contributed by atoms with Gasteiger partial charge in [-0.3, -0.25) is 0 Å². The van der Waals surface area contributed by atoms with Gasteiger partial charge in [-0.2, -0.15) is 0 Å². The number of nitrogens with zero attached hydrogens (tertiary/aromatic N) is 1. The van der Waals surface area contributed by atoms with E-state index in [1.54, 1.807) is 0 Å². The van der Waals surface area contributed by atoms with Crippen molar-refractivity contribution in [2.75, 3.05) is 38.7 Å². The summed E-state index contributed by atoms with van der Waals surface area (Å²) in [5.41, 5.74) is 0.368. The van der Waals surface area contributed by atoms with Gasteiger partial charge < -0.3 is 10.2 Å². The van der Waals surface area contributed by atoms with Gasteiger partial charge in [-0.15, -0.1) is 0 Å². The fourth-order valence-corrected chi connectivity index (χ4v) is 3.96. The summed E-state index contributed by atoms with van der Waals surface area (Å²) < 4.78 is 22.6. The highest BCUT2D eigenvalue weighted by Crippen LogP contribution is 2.37. The largest absolute Gasteiger partial charge is 0.313 e. The minimum absolute atomic E-state index is 0.273. The van der Waals surface area contributed by atoms with E-state index in [0.717, 1.165) is 19.1 Å². The molecule has 2 saturated carbocycles. The van der Waals surface area contributed by atoms with E-state index in [-0.39, 0.29) is 5.75 Å². The molecule has 2 fully saturated rings. The zero-order valence-electron chi connectivity index (χ0n) is 13.0. The number of sulfone groups is 1. The molecular weight excluding hydrogens is 272 g/mol. The SMILES string of the molecule is CN(CCS(C)(=O)=O)CC1(CNC2CC2)CCCCC1. The second-order valence-electron chi connectivity index (χ2n) is 7.08. The van der Waals surface area contributed by atoms with Gasteiger partial charge in [0, 0.05) is 31.9 Å². The monoisotopic (exact) mass is 302 g/mol. The van der Waals surface area contributed by atoms with E-state index in [4.69, 9.17) is 0 Å². The number of nitrogens with one attached hydrogen (secondary N) is 1. The van der Waals surface area contributed by atoms with Crippen molar-refractivity contribution < 1.29 is 8.42 Å². The highest BCUT2D eigenvalue weighted by Gasteiger charge is 2.34. The predicted molar refractivity (Wildman–Crippen MR) is 83.8 cm³/mol. The molecule has 20 heavy (non-hydrogen) atoms. The van der Waals surface area contributed by atoms with E-state index in [1.807, 2.05) is 0 Å². The van der Waals surface area contributed by atoms with Crippen molar-refractivity contribution in [2.24, 2.45) is 5.41 Å². The first-order valence-electron chi connectivity index (χ1n) is 7.98. The van der Waals surface area contributed by atoms with Crippen LogP contribution in [0.2, 0.25) is 0 Å². The van der Waals surface area contributed by atoms with Crippen molar-refractivity contribution in [3.63, 3.8) is 0 Å². The van der Waals surface area contributed by atoms with E-state index in [2.05, 4.69) is 17.3 Å². The summed E-state index contributed by atoms with van der Waals surface area (Å²) in [4.78, 5) is 2.22. The summed E-state index contributed by atoms with van der Waals surface area (Å²) in [5, 5.41) is 3.70. The third-order valence-electron chi connectivity index (χ3n) is 4.71. The summed E-state index contributed by atoms with van der Waals surface area (Å²) in [7, 11) is -0.785. The van der Waals surface area contributed by atoms with Gasteiger partial charge >= 0.3 is 0 Å². The summed E-state index contributed by atoms with van der Waals surface area (Å²) in [6.07, 6.45) is 10.6. The predicted octanol–water partition coefficient (Wildman–Crippen LogP) is 1.67. The molecule has 4 nitrogen and oxygen atoms in total. The van der Waals surface area contributed by atoms with Crippen LogP contribution in [0.25, 0.3) is 0 Å². The molecule has 5 heteroatoms. The van der Waals surface area contributed by atoms with Crippen molar-refractivity contribution >= 4 is 9.84 Å². The van der Waals surface area contributed by atoms with Crippen LogP contribution >= 0.6 is 0 Å². The Kier molecular flexibility index (Phi) is 5.49. The quantitative estimate of drug-likeness (QED) is 0.741. The van der Waals surface area contributed by atoms with Crippen LogP contribution in [0.1, 0.15) is 44.9 Å². The van der Waals surface area contributed by atoms with Crippen molar-refractivity contribution in [3.8, 4) is 0 Å². The molecule has 0 aromatic carbocycles. The topological polar surface area (TPSA) is 49.4 Å². The summed E-state index contributed by atoms with van der Waals surface area (Å²) in [6, 6.07) is 0.759. The zero-order chi connectivity index (χ0) is 14.6. The van der Waals surface area contributed by atoms with Crippen LogP contribution in [0.15, 0.2) is 0 Å². The van der Waals surface area contributed by atoms with Gasteiger partial charge in [0.2, 0.25) is 0 Å². The van der Waals surface area contributed by atoms with Crippen LogP contribution in [0, 0.1) is 5.41 Å². The average Bonchev–Trinajstić information content (AvgIpc) is 3.19. The van der Waals surface area contributed by atoms with Gasteiger partial charge in [0.05, 0.1) is 5.75 Å². The Balaban J connectivity index is 1.85. The molecule has 118 valence electrons. The van der Waals surface area contributed by atoms with Crippen molar-refractivity contribution in [2.45, 2.75) is 51.0 Å². The minimum atomic E-state index is -2.85. The standard InChI is InChI=1S/C15H30N2O2S/c1-17(10-11-20(2,18)19)13-15(8-4-3-5-9-15)12-16-14-6-7-14/h14,16H,3-13H2,1-2H3. The Bertz CT molecular complexity index is 398. The van der Waals surface area contributed by atoms with E-state index in [9.17, 15) is 8.42 Å². The summed E-state index contributed by atoms with van der Waals surface area (Å²) >= 11 is 0. The smallest absolute Gasteiger partial charge is 0.148 e. The van der Waals surface area contributed by atoms with Gasteiger partial charge in [0.25, 0.3) is 0 Å². The van der Waals surface area contributed by atoms with Crippen molar-refractivity contribution in [1.29, 1.82) is 0 Å². The molecule has 0 aliphatic heterocycles. The van der Waals surface area contributed by atoms with Crippen LogP contribution < -0.4 is 5.32 Å². The first-order valence-corrected chi connectivity index (χ1v) is 10.0. The Labute approximate surface area is 124 Å². The number of hydrogen-bond acceptors (Lipinski definition) is 4. The summed E-state index contributed by atoms with van der Waals surface area (Å²) in [6.45, 7) is 2.80. The minimum Gasteiger partial charge on any atom is -0.313 e. The number of rotatable bonds is 8. The highest BCUT2D eigenvalue weighted by molar-refractivity contribution is 7.90. The third-order valence-corrected chi connectivity index (χ3v) is 5.63. The molecule has 0 amide bonds. The lowest BCUT2D eigenvalue weighted by Gasteiger charge is -2.40. The Morgan fingerprint density at radius 2 is 1.85 bits per heavy atom. The Morgan fingerprint density at radius 3 is 2.40 bits per heavy atom. The van der Waals surface area contributed by atoms with Crippen molar-refractivity contribution in [3.05, 3.63) is 0 Å². The van der Waals surface area contributed by atoms with E-state index >= 15 is 0 Å². The van der Waals surface area contributed by atoms with Crippen molar-refractivity contribution in [1.82, 2.24) is 10.2 Å².